The Morgan fingerprint density at radius 2 is 1.90 bits per heavy atom. The number of hydrogen-bond acceptors (Lipinski definition) is 3. The first-order valence-corrected chi connectivity index (χ1v) is 7.88. The molecule has 0 amide bonds. The maximum atomic E-state index is 9.90. The predicted octanol–water partition coefficient (Wildman–Crippen LogP) is 4.11. The van der Waals surface area contributed by atoms with Crippen LogP contribution in [0, 0.1) is 5.92 Å². The lowest BCUT2D eigenvalue weighted by Gasteiger charge is -2.31. The lowest BCUT2D eigenvalue weighted by molar-refractivity contribution is 0.265. The first-order valence-electron chi connectivity index (χ1n) is 7.88. The first kappa shape index (κ1) is 15.2. The molecule has 3 heteroatoms. The number of aromatic hydroxyl groups is 2. The minimum atomic E-state index is 0.0647. The molecule has 0 saturated heterocycles. The van der Waals surface area contributed by atoms with Gasteiger partial charge in [0, 0.05) is 17.6 Å². The molecule has 1 saturated carbocycles. The summed E-state index contributed by atoms with van der Waals surface area (Å²) in [5, 5.41) is 23.0. The third-order valence-electron chi connectivity index (χ3n) is 4.51. The number of phenols is 2. The number of rotatable bonds is 5. The van der Waals surface area contributed by atoms with Crippen molar-refractivity contribution in [1.82, 2.24) is 5.32 Å². The summed E-state index contributed by atoms with van der Waals surface area (Å²) in [7, 11) is 0. The van der Waals surface area contributed by atoms with Gasteiger partial charge in [0.25, 0.3) is 0 Å². The van der Waals surface area contributed by atoms with Gasteiger partial charge in [0.2, 0.25) is 0 Å². The molecular weight excluding hydrogens is 250 g/mol. The molecule has 0 bridgehead atoms. The van der Waals surface area contributed by atoms with Crippen molar-refractivity contribution in [2.75, 3.05) is 0 Å². The molecule has 20 heavy (non-hydrogen) atoms. The van der Waals surface area contributed by atoms with Crippen LogP contribution < -0.4 is 5.32 Å². The van der Waals surface area contributed by atoms with E-state index in [1.165, 1.54) is 44.6 Å². The van der Waals surface area contributed by atoms with Crippen LogP contribution >= 0.6 is 0 Å². The highest BCUT2D eigenvalue weighted by Crippen LogP contribution is 2.31. The van der Waals surface area contributed by atoms with Crippen LogP contribution in [0.15, 0.2) is 18.2 Å². The maximum Gasteiger partial charge on any atom is 0.120 e. The molecule has 0 aliphatic heterocycles. The Labute approximate surface area is 122 Å². The van der Waals surface area contributed by atoms with E-state index in [2.05, 4.69) is 12.2 Å². The molecule has 0 spiro atoms. The van der Waals surface area contributed by atoms with E-state index in [4.69, 9.17) is 0 Å². The number of nitrogens with one attached hydrogen (secondary N) is 1. The molecule has 0 heterocycles. The average molecular weight is 277 g/mol. The van der Waals surface area contributed by atoms with E-state index in [-0.39, 0.29) is 17.5 Å². The van der Waals surface area contributed by atoms with E-state index in [0.717, 1.165) is 11.5 Å². The molecule has 0 radical (unpaired) electrons. The van der Waals surface area contributed by atoms with Crippen LogP contribution in [0.25, 0.3) is 0 Å². The van der Waals surface area contributed by atoms with Crippen LogP contribution in [-0.4, -0.2) is 16.3 Å². The third-order valence-corrected chi connectivity index (χ3v) is 4.51. The van der Waals surface area contributed by atoms with Gasteiger partial charge in [-0.2, -0.15) is 0 Å². The molecular formula is C17H27NO2. The van der Waals surface area contributed by atoms with E-state index in [9.17, 15) is 10.2 Å². The standard InChI is InChI=1S/C17H27NO2/c1-3-4-13-5-7-14(8-6-13)18-12(2)16-11-15(19)9-10-17(16)20/h9-14,18-20H,3-8H2,1-2H3. The van der Waals surface area contributed by atoms with Crippen LogP contribution in [-0.2, 0) is 0 Å². The highest BCUT2D eigenvalue weighted by Gasteiger charge is 2.22. The molecule has 0 aromatic heterocycles. The van der Waals surface area contributed by atoms with Crippen molar-refractivity contribution in [2.24, 2.45) is 5.92 Å². The number of hydrogen-bond donors (Lipinski definition) is 3. The molecule has 3 nitrogen and oxygen atoms in total. The number of phenolic OH excluding ortho intramolecular Hbond substituents is 2. The zero-order chi connectivity index (χ0) is 14.5. The Kier molecular flexibility index (Phi) is 5.30. The lowest BCUT2D eigenvalue weighted by Crippen LogP contribution is -2.35. The second kappa shape index (κ2) is 6.98. The van der Waals surface area contributed by atoms with Crippen molar-refractivity contribution in [1.29, 1.82) is 0 Å². The number of benzene rings is 1. The molecule has 1 aliphatic carbocycles. The normalized spacial score (nSPS) is 24.5. The smallest absolute Gasteiger partial charge is 0.120 e. The zero-order valence-electron chi connectivity index (χ0n) is 12.6. The van der Waals surface area contributed by atoms with Crippen LogP contribution in [0.1, 0.15) is 64.0 Å². The minimum Gasteiger partial charge on any atom is -0.508 e. The summed E-state index contributed by atoms with van der Waals surface area (Å²) in [6.45, 7) is 4.31. The Morgan fingerprint density at radius 1 is 1.20 bits per heavy atom. The molecule has 1 unspecified atom stereocenters. The van der Waals surface area contributed by atoms with Crippen LogP contribution in [0.2, 0.25) is 0 Å². The van der Waals surface area contributed by atoms with Gasteiger partial charge in [-0.25, -0.2) is 0 Å². The van der Waals surface area contributed by atoms with Crippen molar-refractivity contribution >= 4 is 0 Å². The predicted molar refractivity (Wildman–Crippen MR) is 82.0 cm³/mol. The summed E-state index contributed by atoms with van der Waals surface area (Å²) in [6.07, 6.45) is 7.70. The highest BCUT2D eigenvalue weighted by atomic mass is 16.3. The molecule has 3 N–H and O–H groups in total. The topological polar surface area (TPSA) is 52.5 Å². The van der Waals surface area contributed by atoms with E-state index in [1.807, 2.05) is 6.92 Å². The SMILES string of the molecule is CCCC1CCC(NC(C)c2cc(O)ccc2O)CC1. The van der Waals surface area contributed by atoms with Crippen molar-refractivity contribution in [3.63, 3.8) is 0 Å². The summed E-state index contributed by atoms with van der Waals surface area (Å²) in [5.74, 6) is 1.36. The van der Waals surface area contributed by atoms with Gasteiger partial charge in [0.1, 0.15) is 11.5 Å². The summed E-state index contributed by atoms with van der Waals surface area (Å²) >= 11 is 0. The molecule has 2 rings (SSSR count). The minimum absolute atomic E-state index is 0.0647. The second-order valence-electron chi connectivity index (χ2n) is 6.14. The summed E-state index contributed by atoms with van der Waals surface area (Å²) in [6, 6.07) is 5.31. The van der Waals surface area contributed by atoms with E-state index in [1.54, 1.807) is 12.1 Å². The lowest BCUT2D eigenvalue weighted by atomic mass is 9.83. The van der Waals surface area contributed by atoms with Crippen LogP contribution in [0.4, 0.5) is 0 Å². The zero-order valence-corrected chi connectivity index (χ0v) is 12.6. The van der Waals surface area contributed by atoms with Gasteiger partial charge in [-0.1, -0.05) is 19.8 Å². The van der Waals surface area contributed by atoms with Gasteiger partial charge in [-0.05, 0) is 56.7 Å². The van der Waals surface area contributed by atoms with Gasteiger partial charge in [0.05, 0.1) is 0 Å². The van der Waals surface area contributed by atoms with Crippen molar-refractivity contribution < 1.29 is 10.2 Å². The maximum absolute atomic E-state index is 9.90. The summed E-state index contributed by atoms with van der Waals surface area (Å²) in [5.41, 5.74) is 0.778. The van der Waals surface area contributed by atoms with Gasteiger partial charge >= 0.3 is 0 Å². The summed E-state index contributed by atoms with van der Waals surface area (Å²) in [4.78, 5) is 0. The van der Waals surface area contributed by atoms with Crippen molar-refractivity contribution in [3.8, 4) is 11.5 Å². The Bertz CT molecular complexity index is 425. The third kappa shape index (κ3) is 3.89. The molecule has 1 atom stereocenters. The van der Waals surface area contributed by atoms with Crippen molar-refractivity contribution in [2.45, 2.75) is 64.5 Å². The fraction of sp³-hybridized carbons (Fsp3) is 0.647. The molecule has 1 fully saturated rings. The van der Waals surface area contributed by atoms with Gasteiger partial charge < -0.3 is 15.5 Å². The van der Waals surface area contributed by atoms with Gasteiger partial charge in [0.15, 0.2) is 0 Å². The fourth-order valence-corrected chi connectivity index (χ4v) is 3.36. The first-order chi connectivity index (χ1) is 9.60. The highest BCUT2D eigenvalue weighted by molar-refractivity contribution is 5.40. The Hall–Kier alpha value is -1.22. The molecule has 1 aliphatic rings. The average Bonchev–Trinajstić information content (AvgIpc) is 2.44. The van der Waals surface area contributed by atoms with Crippen LogP contribution in [0.5, 0.6) is 11.5 Å². The van der Waals surface area contributed by atoms with Crippen molar-refractivity contribution in [3.05, 3.63) is 23.8 Å². The van der Waals surface area contributed by atoms with E-state index in [0.29, 0.717) is 6.04 Å². The molecule has 1 aromatic rings. The molecule has 112 valence electrons. The van der Waals surface area contributed by atoms with Crippen LogP contribution in [0.3, 0.4) is 0 Å². The fourth-order valence-electron chi connectivity index (χ4n) is 3.36. The monoisotopic (exact) mass is 277 g/mol. The largest absolute Gasteiger partial charge is 0.508 e. The summed E-state index contributed by atoms with van der Waals surface area (Å²) < 4.78 is 0. The van der Waals surface area contributed by atoms with Gasteiger partial charge in [-0.15, -0.1) is 0 Å². The second-order valence-corrected chi connectivity index (χ2v) is 6.14. The van der Waals surface area contributed by atoms with E-state index >= 15 is 0 Å². The quantitative estimate of drug-likeness (QED) is 0.710. The Morgan fingerprint density at radius 3 is 2.55 bits per heavy atom. The Balaban J connectivity index is 1.89. The molecule has 1 aromatic carbocycles. The van der Waals surface area contributed by atoms with Gasteiger partial charge in [-0.3, -0.25) is 0 Å². The van der Waals surface area contributed by atoms with E-state index < -0.39 is 0 Å².